The van der Waals surface area contributed by atoms with Crippen LogP contribution in [0.25, 0.3) is 0 Å². The van der Waals surface area contributed by atoms with Gasteiger partial charge >= 0.3 is 5.97 Å². The fourth-order valence-electron chi connectivity index (χ4n) is 4.91. The second-order valence-corrected chi connectivity index (χ2v) is 10.6. The zero-order valence-electron chi connectivity index (χ0n) is 23.8. The van der Waals surface area contributed by atoms with Crippen molar-refractivity contribution in [2.45, 2.75) is 129 Å². The van der Waals surface area contributed by atoms with Gasteiger partial charge in [-0.2, -0.15) is 0 Å². The summed E-state index contributed by atoms with van der Waals surface area (Å²) in [5, 5.41) is 40.0. The normalized spacial score (nSPS) is 22.8. The van der Waals surface area contributed by atoms with Crippen molar-refractivity contribution in [3.8, 4) is 0 Å². The minimum atomic E-state index is -0.866. The van der Waals surface area contributed by atoms with E-state index in [-0.39, 0.29) is 36.6 Å². The number of carbonyl (C=O) groups excluding carboxylic acids is 3. The first-order chi connectivity index (χ1) is 18.5. The Bertz CT molecular complexity index is 747. The molecule has 6 atom stereocenters. The number of allylic oxidation sites excluding steroid dienone is 2. The van der Waals surface area contributed by atoms with Crippen molar-refractivity contribution in [3.05, 3.63) is 12.2 Å². The molecular weight excluding hydrogens is 508 g/mol. The lowest BCUT2D eigenvalue weighted by Gasteiger charge is -2.22. The SMILES string of the molecule is CCCCCCCC(=O)CC[C@@H]1[C@@H](C/C=C\CCCC(=O)NC(C)C(=O)OC(C)CON(O)O)[C@@H](O)C[C@H]1O. The summed E-state index contributed by atoms with van der Waals surface area (Å²) in [5.41, 5.74) is 0. The van der Waals surface area contributed by atoms with E-state index in [4.69, 9.17) is 15.2 Å². The van der Waals surface area contributed by atoms with Gasteiger partial charge in [-0.1, -0.05) is 44.8 Å². The number of unbranched alkanes of at least 4 members (excludes halogenated alkanes) is 5. The number of aliphatic hydroxyl groups is 2. The maximum absolute atomic E-state index is 12.3. The van der Waals surface area contributed by atoms with Crippen LogP contribution < -0.4 is 5.32 Å². The number of hydrogen-bond acceptors (Lipinski definition) is 10. The second-order valence-electron chi connectivity index (χ2n) is 10.6. The number of hydrogen-bond donors (Lipinski definition) is 5. The molecule has 39 heavy (non-hydrogen) atoms. The van der Waals surface area contributed by atoms with Crippen molar-refractivity contribution < 1.29 is 44.6 Å². The van der Waals surface area contributed by atoms with Crippen LogP contribution in [0.5, 0.6) is 0 Å². The Morgan fingerprint density at radius 2 is 1.64 bits per heavy atom. The highest BCUT2D eigenvalue weighted by Crippen LogP contribution is 2.38. The predicted molar refractivity (Wildman–Crippen MR) is 143 cm³/mol. The van der Waals surface area contributed by atoms with E-state index < -0.39 is 35.7 Å². The van der Waals surface area contributed by atoms with Gasteiger partial charge in [-0.15, -0.1) is 0 Å². The molecule has 0 aromatic heterocycles. The highest BCUT2D eigenvalue weighted by Gasteiger charge is 2.40. The molecule has 11 nitrogen and oxygen atoms in total. The lowest BCUT2D eigenvalue weighted by Crippen LogP contribution is -2.41. The molecule has 5 N–H and O–H groups in total. The third-order valence-corrected chi connectivity index (χ3v) is 7.16. The van der Waals surface area contributed by atoms with Crippen LogP contribution in [0.15, 0.2) is 12.2 Å². The van der Waals surface area contributed by atoms with Crippen LogP contribution in [0, 0.1) is 11.8 Å². The van der Waals surface area contributed by atoms with Gasteiger partial charge in [-0.3, -0.25) is 20.0 Å². The number of ketones is 1. The molecule has 0 aliphatic heterocycles. The molecule has 1 aliphatic carbocycles. The average molecular weight is 559 g/mol. The number of nitrogens with one attached hydrogen (secondary N) is 1. The molecule has 0 spiro atoms. The number of carbonyl (C=O) groups is 3. The van der Waals surface area contributed by atoms with Gasteiger partial charge in [0.1, 0.15) is 24.5 Å². The molecule has 226 valence electrons. The number of ether oxygens (including phenoxy) is 1. The van der Waals surface area contributed by atoms with E-state index in [1.807, 2.05) is 12.2 Å². The molecule has 0 heterocycles. The third-order valence-electron chi connectivity index (χ3n) is 7.16. The summed E-state index contributed by atoms with van der Waals surface area (Å²) in [5.74, 6) is -0.908. The van der Waals surface area contributed by atoms with Crippen LogP contribution in [0.2, 0.25) is 0 Å². The van der Waals surface area contributed by atoms with E-state index in [9.17, 15) is 24.6 Å². The molecule has 1 fully saturated rings. The summed E-state index contributed by atoms with van der Waals surface area (Å²) in [6.07, 6.45) is 11.5. The summed E-state index contributed by atoms with van der Waals surface area (Å²) >= 11 is 0. The Morgan fingerprint density at radius 3 is 2.33 bits per heavy atom. The molecule has 0 aromatic rings. The monoisotopic (exact) mass is 558 g/mol. The first kappa shape index (κ1) is 35.1. The minimum Gasteiger partial charge on any atom is -0.459 e. The number of nitrogens with zero attached hydrogens (tertiary/aromatic N) is 1. The topological polar surface area (TPSA) is 166 Å². The van der Waals surface area contributed by atoms with Gasteiger partial charge in [0.2, 0.25) is 5.91 Å². The number of rotatable bonds is 21. The maximum Gasteiger partial charge on any atom is 0.328 e. The first-order valence-corrected chi connectivity index (χ1v) is 14.4. The number of Topliss-reactive ketones (excluding diaryl/α,β-unsaturated/α-hetero) is 1. The molecule has 1 saturated carbocycles. The molecule has 1 rings (SSSR count). The lowest BCUT2D eigenvalue weighted by atomic mass is 9.86. The van der Waals surface area contributed by atoms with Gasteiger partial charge in [0.15, 0.2) is 0 Å². The number of esters is 1. The summed E-state index contributed by atoms with van der Waals surface area (Å²) in [4.78, 5) is 40.8. The Balaban J connectivity index is 2.30. The van der Waals surface area contributed by atoms with Crippen LogP contribution in [-0.2, 0) is 24.0 Å². The Labute approximate surface area is 232 Å². The smallest absolute Gasteiger partial charge is 0.328 e. The van der Waals surface area contributed by atoms with E-state index in [0.717, 1.165) is 19.3 Å². The van der Waals surface area contributed by atoms with Crippen molar-refractivity contribution in [1.29, 1.82) is 0 Å². The van der Waals surface area contributed by atoms with Crippen molar-refractivity contribution in [3.63, 3.8) is 0 Å². The van der Waals surface area contributed by atoms with Crippen LogP contribution in [0.3, 0.4) is 0 Å². The quantitative estimate of drug-likeness (QED) is 0.0608. The van der Waals surface area contributed by atoms with Gasteiger partial charge < -0.3 is 20.3 Å². The van der Waals surface area contributed by atoms with Crippen LogP contribution in [0.4, 0.5) is 0 Å². The standard InChI is InChI=1S/C28H50N2O9/c1-4-5-6-7-10-13-22(31)16-17-24-23(25(32)18-26(24)33)14-11-8-9-12-15-27(34)29-21(3)28(35)39-20(2)19-38-30(36)37/h8,11,20-21,23-26,32-33,36-37H,4-7,9-10,12-19H2,1-3H3,(H,29,34)/b11-8-/t20?,21?,23-,24-,25+,26-/m1/s1. The van der Waals surface area contributed by atoms with Gasteiger partial charge in [-0.25, -0.2) is 9.63 Å². The van der Waals surface area contributed by atoms with Crippen molar-refractivity contribution in [2.24, 2.45) is 11.8 Å². The molecule has 1 amide bonds. The van der Waals surface area contributed by atoms with Gasteiger partial charge in [-0.05, 0) is 64.2 Å². The largest absolute Gasteiger partial charge is 0.459 e. The average Bonchev–Trinajstić information content (AvgIpc) is 3.14. The highest BCUT2D eigenvalue weighted by molar-refractivity contribution is 5.84. The van der Waals surface area contributed by atoms with Gasteiger partial charge in [0.25, 0.3) is 0 Å². The zero-order valence-corrected chi connectivity index (χ0v) is 23.8. The fourth-order valence-corrected chi connectivity index (χ4v) is 4.91. The molecule has 2 unspecified atom stereocenters. The van der Waals surface area contributed by atoms with E-state index in [1.165, 1.54) is 26.7 Å². The number of amides is 1. The molecule has 0 saturated heterocycles. The molecular formula is C28H50N2O9. The van der Waals surface area contributed by atoms with E-state index in [1.54, 1.807) is 0 Å². The lowest BCUT2D eigenvalue weighted by molar-refractivity contribution is -0.494. The van der Waals surface area contributed by atoms with Crippen molar-refractivity contribution in [2.75, 3.05) is 6.61 Å². The number of aliphatic hydroxyl groups excluding tert-OH is 2. The Hall–Kier alpha value is -1.89. The second kappa shape index (κ2) is 20.1. The van der Waals surface area contributed by atoms with Crippen LogP contribution >= 0.6 is 0 Å². The van der Waals surface area contributed by atoms with Crippen molar-refractivity contribution >= 4 is 17.7 Å². The summed E-state index contributed by atoms with van der Waals surface area (Å²) in [6.45, 7) is 4.90. The van der Waals surface area contributed by atoms with E-state index in [2.05, 4.69) is 17.1 Å². The summed E-state index contributed by atoms with van der Waals surface area (Å²) in [7, 11) is 0. The highest BCUT2D eigenvalue weighted by atomic mass is 17.1. The Morgan fingerprint density at radius 1 is 0.949 bits per heavy atom. The minimum absolute atomic E-state index is 0.0885. The Kier molecular flexibility index (Phi) is 18.1. The molecule has 0 radical (unpaired) electrons. The summed E-state index contributed by atoms with van der Waals surface area (Å²) in [6, 6.07) is -0.866. The van der Waals surface area contributed by atoms with Gasteiger partial charge in [0, 0.05) is 19.3 Å². The van der Waals surface area contributed by atoms with Gasteiger partial charge in [0.05, 0.1) is 17.6 Å². The molecule has 11 heteroatoms. The zero-order chi connectivity index (χ0) is 29.2. The molecule has 0 bridgehead atoms. The van der Waals surface area contributed by atoms with E-state index >= 15 is 0 Å². The third kappa shape index (κ3) is 15.5. The molecule has 0 aromatic carbocycles. The first-order valence-electron chi connectivity index (χ1n) is 14.4. The fraction of sp³-hybridized carbons (Fsp3) is 0.821. The van der Waals surface area contributed by atoms with Crippen molar-refractivity contribution in [1.82, 2.24) is 10.7 Å². The van der Waals surface area contributed by atoms with E-state index in [0.29, 0.717) is 44.9 Å². The predicted octanol–water partition coefficient (Wildman–Crippen LogP) is 3.62. The maximum atomic E-state index is 12.3. The molecule has 1 aliphatic rings. The summed E-state index contributed by atoms with van der Waals surface area (Å²) < 4.78 is 5.06. The van der Waals surface area contributed by atoms with Crippen LogP contribution in [0.1, 0.15) is 104 Å². The van der Waals surface area contributed by atoms with Crippen LogP contribution in [-0.4, -0.2) is 74.6 Å².